The largest absolute Gasteiger partial charge is 0.490 e. The number of hydrogen-bond acceptors (Lipinski definition) is 8. The van der Waals surface area contributed by atoms with Gasteiger partial charge in [0, 0.05) is 12.0 Å². The van der Waals surface area contributed by atoms with Gasteiger partial charge in [-0.25, -0.2) is 0 Å². The SMILES string of the molecule is CCCc1nnc2sc(NC(=O)c3cc(OCC)c(OCC)c(OCC)c3)nn12. The van der Waals surface area contributed by atoms with Gasteiger partial charge in [-0.3, -0.25) is 10.1 Å². The minimum absolute atomic E-state index is 0.322. The van der Waals surface area contributed by atoms with Crippen molar-refractivity contribution in [3.8, 4) is 17.2 Å². The molecule has 0 atom stereocenters. The summed E-state index contributed by atoms with van der Waals surface area (Å²) in [7, 11) is 0. The van der Waals surface area contributed by atoms with Crippen molar-refractivity contribution in [3.05, 3.63) is 23.5 Å². The van der Waals surface area contributed by atoms with Gasteiger partial charge in [0.25, 0.3) is 5.91 Å². The van der Waals surface area contributed by atoms with Gasteiger partial charge in [0.15, 0.2) is 17.3 Å². The van der Waals surface area contributed by atoms with E-state index in [0.29, 0.717) is 52.7 Å². The fraction of sp³-hybridized carbons (Fsp3) is 0.474. The molecule has 0 aliphatic heterocycles. The van der Waals surface area contributed by atoms with Crippen LogP contribution >= 0.6 is 11.3 Å². The molecule has 3 aromatic rings. The second kappa shape index (κ2) is 9.55. The standard InChI is InChI=1S/C19H25N5O4S/c1-5-9-15-21-22-19-24(15)23-18(29-19)20-17(25)12-10-13(26-6-2)16(28-8-4)14(11-12)27-7-3/h10-11H,5-9H2,1-4H3,(H,20,23,25). The molecule has 2 aromatic heterocycles. The number of amides is 1. The zero-order valence-electron chi connectivity index (χ0n) is 17.0. The molecule has 1 aromatic carbocycles. The van der Waals surface area contributed by atoms with Gasteiger partial charge < -0.3 is 14.2 Å². The van der Waals surface area contributed by atoms with E-state index in [0.717, 1.165) is 18.7 Å². The van der Waals surface area contributed by atoms with E-state index in [-0.39, 0.29) is 5.91 Å². The van der Waals surface area contributed by atoms with Gasteiger partial charge in [-0.15, -0.1) is 15.3 Å². The summed E-state index contributed by atoms with van der Waals surface area (Å²) < 4.78 is 18.7. The maximum absolute atomic E-state index is 12.9. The van der Waals surface area contributed by atoms with Crippen LogP contribution in [0, 0.1) is 0 Å². The van der Waals surface area contributed by atoms with Crippen LogP contribution in [0.25, 0.3) is 4.96 Å². The van der Waals surface area contributed by atoms with Crippen molar-refractivity contribution in [1.82, 2.24) is 19.8 Å². The first-order chi connectivity index (χ1) is 14.1. The summed E-state index contributed by atoms with van der Waals surface area (Å²) in [6.45, 7) is 9.02. The molecule has 156 valence electrons. The second-order valence-corrected chi connectivity index (χ2v) is 6.98. The van der Waals surface area contributed by atoms with Gasteiger partial charge in [0.05, 0.1) is 19.8 Å². The van der Waals surface area contributed by atoms with Gasteiger partial charge >= 0.3 is 0 Å². The first-order valence-electron chi connectivity index (χ1n) is 9.70. The number of nitrogens with one attached hydrogen (secondary N) is 1. The molecule has 0 aliphatic carbocycles. The smallest absolute Gasteiger partial charge is 0.257 e. The van der Waals surface area contributed by atoms with E-state index in [1.165, 1.54) is 11.3 Å². The number of aromatic nitrogens is 4. The second-order valence-electron chi connectivity index (χ2n) is 6.02. The molecule has 0 aliphatic rings. The lowest BCUT2D eigenvalue weighted by molar-refractivity contribution is 0.102. The fourth-order valence-corrected chi connectivity index (χ4v) is 3.53. The molecule has 0 spiro atoms. The number of benzene rings is 1. The van der Waals surface area contributed by atoms with E-state index in [1.807, 2.05) is 20.8 Å². The highest BCUT2D eigenvalue weighted by Gasteiger charge is 2.20. The van der Waals surface area contributed by atoms with Crippen LogP contribution in [-0.2, 0) is 6.42 Å². The molecule has 10 heteroatoms. The van der Waals surface area contributed by atoms with E-state index in [1.54, 1.807) is 16.6 Å². The summed E-state index contributed by atoms with van der Waals surface area (Å²) in [5.74, 6) is 1.88. The van der Waals surface area contributed by atoms with Crippen molar-refractivity contribution >= 4 is 27.3 Å². The fourth-order valence-electron chi connectivity index (χ4n) is 2.78. The van der Waals surface area contributed by atoms with Crippen molar-refractivity contribution in [2.24, 2.45) is 0 Å². The van der Waals surface area contributed by atoms with Crippen LogP contribution in [-0.4, -0.2) is 45.5 Å². The summed E-state index contributed by atoms with van der Waals surface area (Å²) in [5.41, 5.74) is 0.389. The summed E-state index contributed by atoms with van der Waals surface area (Å²) in [4.78, 5) is 13.5. The number of hydrogen-bond donors (Lipinski definition) is 1. The third kappa shape index (κ3) is 4.58. The Kier molecular flexibility index (Phi) is 6.86. The molecular weight excluding hydrogens is 394 g/mol. The maximum Gasteiger partial charge on any atom is 0.257 e. The molecule has 1 amide bonds. The Hall–Kier alpha value is -2.88. The first kappa shape index (κ1) is 20.8. The van der Waals surface area contributed by atoms with E-state index >= 15 is 0 Å². The molecule has 0 saturated heterocycles. The van der Waals surface area contributed by atoms with E-state index < -0.39 is 0 Å². The number of anilines is 1. The van der Waals surface area contributed by atoms with Crippen LogP contribution < -0.4 is 19.5 Å². The summed E-state index contributed by atoms with van der Waals surface area (Å²) in [6, 6.07) is 3.30. The maximum atomic E-state index is 12.9. The summed E-state index contributed by atoms with van der Waals surface area (Å²) in [6.07, 6.45) is 1.71. The highest BCUT2D eigenvalue weighted by Crippen LogP contribution is 2.39. The molecule has 3 rings (SSSR count). The lowest BCUT2D eigenvalue weighted by atomic mass is 10.1. The van der Waals surface area contributed by atoms with Crippen molar-refractivity contribution in [2.75, 3.05) is 25.1 Å². The normalized spacial score (nSPS) is 10.9. The number of carbonyl (C=O) groups is 1. The zero-order chi connectivity index (χ0) is 20.8. The third-order valence-corrected chi connectivity index (χ3v) is 4.74. The van der Waals surface area contributed by atoms with E-state index in [9.17, 15) is 4.79 Å². The Morgan fingerprint density at radius 2 is 1.69 bits per heavy atom. The third-order valence-electron chi connectivity index (χ3n) is 3.92. The van der Waals surface area contributed by atoms with Gasteiger partial charge in [-0.05, 0) is 39.3 Å². The molecule has 1 N–H and O–H groups in total. The summed E-state index contributed by atoms with van der Waals surface area (Å²) >= 11 is 1.27. The van der Waals surface area contributed by atoms with Crippen LogP contribution in [0.3, 0.4) is 0 Å². The lowest BCUT2D eigenvalue weighted by Gasteiger charge is -2.16. The highest BCUT2D eigenvalue weighted by atomic mass is 32.1. The summed E-state index contributed by atoms with van der Waals surface area (Å²) in [5, 5.41) is 15.9. The number of rotatable bonds is 10. The van der Waals surface area contributed by atoms with Gasteiger partial charge in [-0.2, -0.15) is 4.52 Å². The minimum atomic E-state index is -0.322. The Bertz CT molecular complexity index is 957. The number of nitrogens with zero attached hydrogens (tertiary/aromatic N) is 4. The van der Waals surface area contributed by atoms with Gasteiger partial charge in [0.1, 0.15) is 0 Å². The molecule has 0 saturated carbocycles. The monoisotopic (exact) mass is 419 g/mol. The molecule has 0 bridgehead atoms. The first-order valence-corrected chi connectivity index (χ1v) is 10.5. The molecule has 0 fully saturated rings. The number of aryl methyl sites for hydroxylation is 1. The zero-order valence-corrected chi connectivity index (χ0v) is 17.8. The Labute approximate surface area is 173 Å². The van der Waals surface area contributed by atoms with E-state index in [2.05, 4.69) is 27.5 Å². The van der Waals surface area contributed by atoms with Crippen LogP contribution in [0.2, 0.25) is 0 Å². The van der Waals surface area contributed by atoms with Gasteiger partial charge in [-0.1, -0.05) is 18.3 Å². The van der Waals surface area contributed by atoms with Crippen LogP contribution in [0.4, 0.5) is 5.13 Å². The lowest BCUT2D eigenvalue weighted by Crippen LogP contribution is -2.13. The van der Waals surface area contributed by atoms with Crippen LogP contribution in [0.1, 0.15) is 50.3 Å². The predicted octanol–water partition coefficient (Wildman–Crippen LogP) is 3.59. The number of fused-ring (bicyclic) bond motifs is 1. The minimum Gasteiger partial charge on any atom is -0.490 e. The number of carbonyl (C=O) groups excluding carboxylic acids is 1. The Morgan fingerprint density at radius 1 is 1.03 bits per heavy atom. The van der Waals surface area contributed by atoms with Crippen molar-refractivity contribution in [1.29, 1.82) is 0 Å². The number of ether oxygens (including phenoxy) is 3. The molecule has 0 radical (unpaired) electrons. The van der Waals surface area contributed by atoms with E-state index in [4.69, 9.17) is 14.2 Å². The Balaban J connectivity index is 1.89. The average Bonchev–Trinajstić information content (AvgIpc) is 3.26. The quantitative estimate of drug-likeness (QED) is 0.536. The Morgan fingerprint density at radius 3 is 2.28 bits per heavy atom. The molecule has 2 heterocycles. The predicted molar refractivity (Wildman–Crippen MR) is 111 cm³/mol. The van der Waals surface area contributed by atoms with Crippen LogP contribution in [0.5, 0.6) is 17.2 Å². The van der Waals surface area contributed by atoms with Gasteiger partial charge in [0.2, 0.25) is 15.8 Å². The molecule has 0 unspecified atom stereocenters. The topological polar surface area (TPSA) is 99.9 Å². The highest BCUT2D eigenvalue weighted by molar-refractivity contribution is 7.20. The van der Waals surface area contributed by atoms with Crippen LogP contribution in [0.15, 0.2) is 12.1 Å². The van der Waals surface area contributed by atoms with Crippen molar-refractivity contribution < 1.29 is 19.0 Å². The molecule has 9 nitrogen and oxygen atoms in total. The van der Waals surface area contributed by atoms with Crippen molar-refractivity contribution in [2.45, 2.75) is 40.5 Å². The van der Waals surface area contributed by atoms with Crippen molar-refractivity contribution in [3.63, 3.8) is 0 Å². The molecule has 29 heavy (non-hydrogen) atoms. The molecular formula is C19H25N5O4S. The average molecular weight is 420 g/mol.